The van der Waals surface area contributed by atoms with E-state index in [4.69, 9.17) is 4.52 Å². The smallest absolute Gasteiger partial charge is 0.272 e. The first-order chi connectivity index (χ1) is 14.7. The third-order valence-corrected chi connectivity index (χ3v) is 5.55. The first-order valence-corrected chi connectivity index (χ1v) is 9.75. The molecule has 1 saturated heterocycles. The predicted molar refractivity (Wildman–Crippen MR) is 109 cm³/mol. The van der Waals surface area contributed by atoms with Crippen LogP contribution in [0.3, 0.4) is 0 Å². The van der Waals surface area contributed by atoms with Crippen LogP contribution in [-0.4, -0.2) is 48.6 Å². The van der Waals surface area contributed by atoms with Crippen LogP contribution in [0.2, 0.25) is 0 Å². The van der Waals surface area contributed by atoms with Gasteiger partial charge in [0.05, 0.1) is 18.4 Å². The third kappa shape index (κ3) is 3.26. The van der Waals surface area contributed by atoms with E-state index in [0.717, 1.165) is 11.1 Å². The molecule has 1 amide bonds. The second-order valence-corrected chi connectivity index (χ2v) is 7.42. The molecule has 8 nitrogen and oxygen atoms in total. The molecule has 5 rings (SSSR count). The number of nitrogens with zero attached hydrogens (tertiary/aromatic N) is 6. The molecule has 1 aliphatic heterocycles. The molecule has 30 heavy (non-hydrogen) atoms. The molecule has 3 aromatic heterocycles. The van der Waals surface area contributed by atoms with Gasteiger partial charge < -0.3 is 14.0 Å². The normalized spacial score (nSPS) is 18.6. The van der Waals surface area contributed by atoms with Gasteiger partial charge in [0.15, 0.2) is 0 Å². The van der Waals surface area contributed by atoms with Crippen LogP contribution in [0.15, 0.2) is 71.9 Å². The fraction of sp³-hybridized carbons (Fsp3) is 0.227. The van der Waals surface area contributed by atoms with Crippen LogP contribution in [0.5, 0.6) is 0 Å². The monoisotopic (exact) mass is 400 g/mol. The molecule has 0 unspecified atom stereocenters. The van der Waals surface area contributed by atoms with Crippen molar-refractivity contribution >= 4 is 5.91 Å². The van der Waals surface area contributed by atoms with E-state index in [0.29, 0.717) is 30.5 Å². The van der Waals surface area contributed by atoms with E-state index in [1.54, 1.807) is 23.3 Å². The Bertz CT molecular complexity index is 1150. The summed E-state index contributed by atoms with van der Waals surface area (Å²) in [5.74, 6) is 0.917. The summed E-state index contributed by atoms with van der Waals surface area (Å²) < 4.78 is 7.39. The van der Waals surface area contributed by atoms with Gasteiger partial charge in [-0.05, 0) is 11.6 Å². The number of hydrogen-bond acceptors (Lipinski definition) is 6. The average molecular weight is 400 g/mol. The highest BCUT2D eigenvalue weighted by atomic mass is 16.5. The number of hydrogen-bond donors (Lipinski definition) is 0. The maximum atomic E-state index is 13.1. The lowest BCUT2D eigenvalue weighted by Crippen LogP contribution is -2.30. The Kier molecular flexibility index (Phi) is 4.59. The first kappa shape index (κ1) is 18.2. The van der Waals surface area contributed by atoms with Gasteiger partial charge in [0, 0.05) is 44.0 Å². The Labute approximate surface area is 173 Å². The van der Waals surface area contributed by atoms with E-state index in [9.17, 15) is 4.79 Å². The molecular formula is C22H20N6O2. The van der Waals surface area contributed by atoms with E-state index in [1.807, 2.05) is 60.6 Å². The number of imidazole rings is 1. The largest absolute Gasteiger partial charge is 0.339 e. The maximum Gasteiger partial charge on any atom is 0.272 e. The van der Waals surface area contributed by atoms with Crippen LogP contribution in [-0.2, 0) is 7.05 Å². The average Bonchev–Trinajstić information content (AvgIpc) is 3.53. The third-order valence-electron chi connectivity index (χ3n) is 5.55. The van der Waals surface area contributed by atoms with Gasteiger partial charge in [-0.3, -0.25) is 9.78 Å². The zero-order chi connectivity index (χ0) is 20.5. The fourth-order valence-corrected chi connectivity index (χ4v) is 3.97. The van der Waals surface area contributed by atoms with Gasteiger partial charge >= 0.3 is 0 Å². The Hall–Kier alpha value is -3.81. The number of benzene rings is 1. The molecule has 1 fully saturated rings. The number of carbonyl (C=O) groups is 1. The standard InChI is InChI=1S/C22H20N6O2/c1-27-14-24-11-19(27)22(29)28-12-17(16-8-5-9-23-10-16)18(13-28)21-25-20(26-30-21)15-6-3-2-4-7-15/h2-11,14,17-18H,12-13H2,1H3/t17-,18+/m0/s1. The van der Waals surface area contributed by atoms with Crippen LogP contribution < -0.4 is 0 Å². The molecule has 1 aliphatic rings. The predicted octanol–water partition coefficient (Wildman–Crippen LogP) is 2.89. The second kappa shape index (κ2) is 7.55. The van der Waals surface area contributed by atoms with Crippen LogP contribution in [0.1, 0.15) is 33.8 Å². The molecule has 0 aliphatic carbocycles. The quantitative estimate of drug-likeness (QED) is 0.523. The summed E-state index contributed by atoms with van der Waals surface area (Å²) in [6, 6.07) is 13.6. The maximum absolute atomic E-state index is 13.1. The molecule has 8 heteroatoms. The van der Waals surface area contributed by atoms with Gasteiger partial charge in [0.25, 0.3) is 5.91 Å². The summed E-state index contributed by atoms with van der Waals surface area (Å²) >= 11 is 0. The van der Waals surface area contributed by atoms with Crippen molar-refractivity contribution in [2.45, 2.75) is 11.8 Å². The van der Waals surface area contributed by atoms with Crippen LogP contribution >= 0.6 is 0 Å². The Morgan fingerprint density at radius 1 is 1.03 bits per heavy atom. The molecule has 4 heterocycles. The topological polar surface area (TPSA) is 89.9 Å². The number of rotatable bonds is 4. The van der Waals surface area contributed by atoms with Crippen molar-refractivity contribution in [1.82, 2.24) is 29.6 Å². The molecule has 1 aromatic carbocycles. The molecular weight excluding hydrogens is 380 g/mol. The van der Waals surface area contributed by atoms with Gasteiger partial charge in [-0.15, -0.1) is 0 Å². The van der Waals surface area contributed by atoms with Crippen molar-refractivity contribution in [3.05, 3.63) is 84.5 Å². The SMILES string of the molecule is Cn1cncc1C(=O)N1C[C@@H](c2cccnc2)[C@H](c2nc(-c3ccccc3)no2)C1. The van der Waals surface area contributed by atoms with E-state index < -0.39 is 0 Å². The van der Waals surface area contributed by atoms with E-state index in [2.05, 4.69) is 20.1 Å². The lowest BCUT2D eigenvalue weighted by molar-refractivity contribution is 0.0778. The highest BCUT2D eigenvalue weighted by Crippen LogP contribution is 2.39. The summed E-state index contributed by atoms with van der Waals surface area (Å²) in [5, 5.41) is 4.17. The van der Waals surface area contributed by atoms with Crippen molar-refractivity contribution in [3.8, 4) is 11.4 Å². The number of aryl methyl sites for hydroxylation is 1. The van der Waals surface area contributed by atoms with Gasteiger partial charge in [-0.1, -0.05) is 41.6 Å². The number of likely N-dealkylation sites (tertiary alicyclic amines) is 1. The number of carbonyl (C=O) groups excluding carboxylic acids is 1. The van der Waals surface area contributed by atoms with Crippen LogP contribution in [0, 0.1) is 0 Å². The minimum atomic E-state index is -0.115. The zero-order valence-corrected chi connectivity index (χ0v) is 16.4. The van der Waals surface area contributed by atoms with E-state index in [-0.39, 0.29) is 17.7 Å². The Balaban J connectivity index is 1.48. The minimum absolute atomic E-state index is 0.0138. The number of pyridine rings is 1. The minimum Gasteiger partial charge on any atom is -0.339 e. The molecule has 2 atom stereocenters. The van der Waals surface area contributed by atoms with Gasteiger partial charge in [-0.25, -0.2) is 4.98 Å². The highest BCUT2D eigenvalue weighted by Gasteiger charge is 2.41. The molecule has 150 valence electrons. The van der Waals surface area contributed by atoms with Gasteiger partial charge in [0.1, 0.15) is 5.69 Å². The molecule has 0 spiro atoms. The number of amides is 1. The highest BCUT2D eigenvalue weighted by molar-refractivity contribution is 5.92. The molecule has 0 saturated carbocycles. The fourth-order valence-electron chi connectivity index (χ4n) is 3.97. The van der Waals surface area contributed by atoms with E-state index >= 15 is 0 Å². The summed E-state index contributed by atoms with van der Waals surface area (Å²) in [5.41, 5.74) is 2.49. The summed E-state index contributed by atoms with van der Waals surface area (Å²) in [7, 11) is 1.82. The summed E-state index contributed by atoms with van der Waals surface area (Å²) in [6.45, 7) is 1.03. The number of aromatic nitrogens is 5. The molecule has 4 aromatic rings. The molecule has 0 radical (unpaired) electrons. The summed E-state index contributed by atoms with van der Waals surface area (Å²) in [6.07, 6.45) is 6.80. The van der Waals surface area contributed by atoms with Crippen LogP contribution in [0.25, 0.3) is 11.4 Å². The molecule has 0 N–H and O–H groups in total. The van der Waals surface area contributed by atoms with Crippen molar-refractivity contribution in [2.75, 3.05) is 13.1 Å². The Morgan fingerprint density at radius 3 is 2.60 bits per heavy atom. The second-order valence-electron chi connectivity index (χ2n) is 7.42. The summed E-state index contributed by atoms with van der Waals surface area (Å²) in [4.78, 5) is 27.9. The van der Waals surface area contributed by atoms with Gasteiger partial charge in [0.2, 0.25) is 11.7 Å². The van der Waals surface area contributed by atoms with Gasteiger partial charge in [-0.2, -0.15) is 4.98 Å². The van der Waals surface area contributed by atoms with Crippen molar-refractivity contribution < 1.29 is 9.32 Å². The molecule has 0 bridgehead atoms. The van der Waals surface area contributed by atoms with Crippen molar-refractivity contribution in [1.29, 1.82) is 0 Å². The lowest BCUT2D eigenvalue weighted by Gasteiger charge is -2.16. The van der Waals surface area contributed by atoms with Crippen molar-refractivity contribution in [2.24, 2.45) is 7.05 Å². The van der Waals surface area contributed by atoms with E-state index in [1.165, 1.54) is 0 Å². The van der Waals surface area contributed by atoms with Crippen molar-refractivity contribution in [3.63, 3.8) is 0 Å². The first-order valence-electron chi connectivity index (χ1n) is 9.75. The zero-order valence-electron chi connectivity index (χ0n) is 16.4. The van der Waals surface area contributed by atoms with Crippen LogP contribution in [0.4, 0.5) is 0 Å². The lowest BCUT2D eigenvalue weighted by atomic mass is 9.90. The Morgan fingerprint density at radius 2 is 1.87 bits per heavy atom.